The standard InChI is InChI=1S/C13H11ClN2O2S/c1-15-12(17)8-3-2-4-9(7-8)16-13(18)10-5-6-11(14)19-10/h2-7H,1H3,(H,15,17)(H,16,18). The molecule has 0 fully saturated rings. The van der Waals surface area contributed by atoms with Gasteiger partial charge in [0, 0.05) is 18.3 Å². The van der Waals surface area contributed by atoms with Crippen molar-refractivity contribution in [3.8, 4) is 0 Å². The molecule has 6 heteroatoms. The number of hydrogen-bond donors (Lipinski definition) is 2. The minimum Gasteiger partial charge on any atom is -0.355 e. The number of carbonyl (C=O) groups is 2. The van der Waals surface area contributed by atoms with Gasteiger partial charge < -0.3 is 10.6 Å². The molecule has 0 spiro atoms. The highest BCUT2D eigenvalue weighted by atomic mass is 35.5. The molecule has 0 radical (unpaired) electrons. The summed E-state index contributed by atoms with van der Waals surface area (Å²) in [4.78, 5) is 23.9. The van der Waals surface area contributed by atoms with Crippen molar-refractivity contribution in [2.75, 3.05) is 12.4 Å². The molecule has 0 aliphatic rings. The molecule has 4 nitrogen and oxygen atoms in total. The van der Waals surface area contributed by atoms with E-state index in [1.165, 1.54) is 11.3 Å². The first-order valence-corrected chi connectivity index (χ1v) is 6.68. The first-order valence-electron chi connectivity index (χ1n) is 5.49. The van der Waals surface area contributed by atoms with Gasteiger partial charge in [0.2, 0.25) is 0 Å². The summed E-state index contributed by atoms with van der Waals surface area (Å²) in [6, 6.07) is 10.1. The van der Waals surface area contributed by atoms with Crippen molar-refractivity contribution in [2.24, 2.45) is 0 Å². The average Bonchev–Trinajstić information content (AvgIpc) is 2.85. The van der Waals surface area contributed by atoms with Gasteiger partial charge in [-0.15, -0.1) is 11.3 Å². The number of benzene rings is 1. The number of halogens is 1. The van der Waals surface area contributed by atoms with Crippen LogP contribution in [0.3, 0.4) is 0 Å². The molecule has 0 saturated carbocycles. The molecule has 2 aromatic rings. The van der Waals surface area contributed by atoms with Crippen LogP contribution in [0.1, 0.15) is 20.0 Å². The zero-order valence-corrected chi connectivity index (χ0v) is 11.6. The maximum Gasteiger partial charge on any atom is 0.265 e. The Morgan fingerprint density at radius 1 is 1.16 bits per heavy atom. The zero-order valence-electron chi connectivity index (χ0n) is 10.1. The van der Waals surface area contributed by atoms with E-state index in [0.29, 0.717) is 20.5 Å². The molecule has 0 bridgehead atoms. The minimum absolute atomic E-state index is 0.199. The van der Waals surface area contributed by atoms with E-state index < -0.39 is 0 Å². The number of thiophene rings is 1. The number of hydrogen-bond acceptors (Lipinski definition) is 3. The predicted molar refractivity (Wildman–Crippen MR) is 77.1 cm³/mol. The Morgan fingerprint density at radius 3 is 2.58 bits per heavy atom. The third-order valence-corrected chi connectivity index (χ3v) is 3.64. The van der Waals surface area contributed by atoms with Gasteiger partial charge >= 0.3 is 0 Å². The molecule has 1 heterocycles. The van der Waals surface area contributed by atoms with Gasteiger partial charge in [0.05, 0.1) is 9.21 Å². The second-order valence-electron chi connectivity index (χ2n) is 3.72. The molecule has 19 heavy (non-hydrogen) atoms. The van der Waals surface area contributed by atoms with E-state index in [1.807, 2.05) is 0 Å². The fraction of sp³-hybridized carbons (Fsp3) is 0.0769. The van der Waals surface area contributed by atoms with Crippen LogP contribution in [-0.4, -0.2) is 18.9 Å². The molecule has 98 valence electrons. The van der Waals surface area contributed by atoms with E-state index in [4.69, 9.17) is 11.6 Å². The van der Waals surface area contributed by atoms with Gasteiger partial charge in [-0.3, -0.25) is 9.59 Å². The van der Waals surface area contributed by atoms with Crippen molar-refractivity contribution in [1.29, 1.82) is 0 Å². The van der Waals surface area contributed by atoms with Gasteiger partial charge in [-0.1, -0.05) is 17.7 Å². The molecular weight excluding hydrogens is 284 g/mol. The lowest BCUT2D eigenvalue weighted by molar-refractivity contribution is 0.0961. The van der Waals surface area contributed by atoms with Gasteiger partial charge in [0.15, 0.2) is 0 Å². The summed E-state index contributed by atoms with van der Waals surface area (Å²) in [5.74, 6) is -0.443. The Labute approximate surface area is 119 Å². The maximum atomic E-state index is 11.9. The third-order valence-electron chi connectivity index (χ3n) is 2.41. The largest absolute Gasteiger partial charge is 0.355 e. The summed E-state index contributed by atoms with van der Waals surface area (Å²) in [6.07, 6.45) is 0. The van der Waals surface area contributed by atoms with E-state index in [2.05, 4.69) is 10.6 Å². The monoisotopic (exact) mass is 294 g/mol. The summed E-state index contributed by atoms with van der Waals surface area (Å²) in [6.45, 7) is 0. The van der Waals surface area contributed by atoms with Gasteiger partial charge in [-0.2, -0.15) is 0 Å². The Morgan fingerprint density at radius 2 is 1.95 bits per heavy atom. The van der Waals surface area contributed by atoms with Crippen molar-refractivity contribution in [3.63, 3.8) is 0 Å². The quantitative estimate of drug-likeness (QED) is 0.914. The molecule has 1 aromatic heterocycles. The van der Waals surface area contributed by atoms with E-state index in [9.17, 15) is 9.59 Å². The van der Waals surface area contributed by atoms with Gasteiger partial charge in [-0.25, -0.2) is 0 Å². The van der Waals surface area contributed by atoms with Crippen LogP contribution in [0.5, 0.6) is 0 Å². The van der Waals surface area contributed by atoms with E-state index >= 15 is 0 Å². The number of amides is 2. The second kappa shape index (κ2) is 5.86. The fourth-order valence-corrected chi connectivity index (χ4v) is 2.45. The molecule has 0 unspecified atom stereocenters. The van der Waals surface area contributed by atoms with Crippen molar-refractivity contribution in [1.82, 2.24) is 5.32 Å². The van der Waals surface area contributed by atoms with Crippen LogP contribution in [0.2, 0.25) is 4.34 Å². The Kier molecular flexibility index (Phi) is 4.19. The second-order valence-corrected chi connectivity index (χ2v) is 5.43. The lowest BCUT2D eigenvalue weighted by Gasteiger charge is -2.05. The zero-order chi connectivity index (χ0) is 13.8. The van der Waals surface area contributed by atoms with Gasteiger partial charge in [0.1, 0.15) is 0 Å². The summed E-state index contributed by atoms with van der Waals surface area (Å²) in [5.41, 5.74) is 1.06. The highest BCUT2D eigenvalue weighted by Crippen LogP contribution is 2.22. The lowest BCUT2D eigenvalue weighted by Crippen LogP contribution is -2.18. The Bertz CT molecular complexity index is 625. The number of nitrogens with one attached hydrogen (secondary N) is 2. The number of rotatable bonds is 3. The van der Waals surface area contributed by atoms with Crippen molar-refractivity contribution < 1.29 is 9.59 Å². The summed E-state index contributed by atoms with van der Waals surface area (Å²) >= 11 is 6.98. The van der Waals surface area contributed by atoms with Crippen LogP contribution in [0.15, 0.2) is 36.4 Å². The highest BCUT2D eigenvalue weighted by molar-refractivity contribution is 7.18. The smallest absolute Gasteiger partial charge is 0.265 e. The Hall–Kier alpha value is -1.85. The van der Waals surface area contributed by atoms with Crippen LogP contribution in [-0.2, 0) is 0 Å². The summed E-state index contributed by atoms with van der Waals surface area (Å²) in [5, 5.41) is 5.25. The normalized spacial score (nSPS) is 10.0. The van der Waals surface area contributed by atoms with Crippen LogP contribution in [0, 0.1) is 0 Å². The highest BCUT2D eigenvalue weighted by Gasteiger charge is 2.10. The molecule has 0 atom stereocenters. The van der Waals surface area contributed by atoms with Gasteiger partial charge in [0.25, 0.3) is 11.8 Å². The number of anilines is 1. The minimum atomic E-state index is -0.244. The molecular formula is C13H11ClN2O2S. The van der Waals surface area contributed by atoms with E-state index in [0.717, 1.165) is 0 Å². The Balaban J connectivity index is 2.15. The van der Waals surface area contributed by atoms with Crippen LogP contribution < -0.4 is 10.6 Å². The van der Waals surface area contributed by atoms with Crippen molar-refractivity contribution in [3.05, 3.63) is 51.2 Å². The molecule has 2 amide bonds. The average molecular weight is 295 g/mol. The molecule has 2 N–H and O–H groups in total. The summed E-state index contributed by atoms with van der Waals surface area (Å²) < 4.78 is 0.560. The SMILES string of the molecule is CNC(=O)c1cccc(NC(=O)c2ccc(Cl)s2)c1. The molecule has 0 saturated heterocycles. The molecule has 0 aliphatic carbocycles. The molecule has 0 aliphatic heterocycles. The molecule has 2 rings (SSSR count). The third kappa shape index (κ3) is 3.33. The first-order chi connectivity index (χ1) is 9.10. The van der Waals surface area contributed by atoms with E-state index in [1.54, 1.807) is 43.4 Å². The molecule has 1 aromatic carbocycles. The first kappa shape index (κ1) is 13.6. The van der Waals surface area contributed by atoms with Gasteiger partial charge in [-0.05, 0) is 30.3 Å². The number of carbonyl (C=O) groups excluding carboxylic acids is 2. The van der Waals surface area contributed by atoms with Crippen molar-refractivity contribution >= 4 is 40.4 Å². The maximum absolute atomic E-state index is 11.9. The lowest BCUT2D eigenvalue weighted by atomic mass is 10.2. The van der Waals surface area contributed by atoms with Crippen LogP contribution >= 0.6 is 22.9 Å². The van der Waals surface area contributed by atoms with Crippen LogP contribution in [0.25, 0.3) is 0 Å². The van der Waals surface area contributed by atoms with Crippen molar-refractivity contribution in [2.45, 2.75) is 0 Å². The van der Waals surface area contributed by atoms with E-state index in [-0.39, 0.29) is 11.8 Å². The fourth-order valence-electron chi connectivity index (χ4n) is 1.51. The van der Waals surface area contributed by atoms with Crippen LogP contribution in [0.4, 0.5) is 5.69 Å². The topological polar surface area (TPSA) is 58.2 Å². The summed E-state index contributed by atoms with van der Waals surface area (Å²) in [7, 11) is 1.56. The predicted octanol–water partition coefficient (Wildman–Crippen LogP) is 3.01.